The zero-order valence-electron chi connectivity index (χ0n) is 14.6. The number of sulfonamides is 1. The number of hydrogen-bond donors (Lipinski definition) is 1. The van der Waals surface area contributed by atoms with Crippen LogP contribution in [0.1, 0.15) is 18.4 Å². The summed E-state index contributed by atoms with van der Waals surface area (Å²) < 4.78 is 25.0. The monoisotopic (exact) mass is 396 g/mol. The highest BCUT2D eigenvalue weighted by molar-refractivity contribution is 7.89. The van der Waals surface area contributed by atoms with E-state index in [0.29, 0.717) is 23.6 Å². The Balaban J connectivity index is 1.86. The van der Waals surface area contributed by atoms with Gasteiger partial charge in [0.25, 0.3) is 10.0 Å². The van der Waals surface area contributed by atoms with Crippen molar-refractivity contribution in [1.29, 1.82) is 0 Å². The normalized spacial score (nSPS) is 11.5. The predicted molar refractivity (Wildman–Crippen MR) is 101 cm³/mol. The number of carbonyl (C=O) groups excluding carboxylic acids is 1. The maximum absolute atomic E-state index is 12.1. The SMILES string of the molecule is CON(C)S(=O)(=O)c1ccc(NC(=O)CCCc2ccc(Cl)cc2)cc1. The summed E-state index contributed by atoms with van der Waals surface area (Å²) >= 11 is 5.84. The molecule has 26 heavy (non-hydrogen) atoms. The molecule has 0 aromatic heterocycles. The van der Waals surface area contributed by atoms with Crippen LogP contribution in [0.25, 0.3) is 0 Å². The summed E-state index contributed by atoms with van der Waals surface area (Å²) in [5, 5.41) is 3.45. The molecule has 140 valence electrons. The second-order valence-electron chi connectivity index (χ2n) is 5.65. The lowest BCUT2D eigenvalue weighted by atomic mass is 10.1. The number of rotatable bonds is 8. The Morgan fingerprint density at radius 3 is 2.31 bits per heavy atom. The molecule has 0 aliphatic heterocycles. The van der Waals surface area contributed by atoms with Gasteiger partial charge in [0.05, 0.1) is 12.0 Å². The van der Waals surface area contributed by atoms with Crippen LogP contribution in [0.3, 0.4) is 0 Å². The first kappa shape index (κ1) is 20.4. The number of anilines is 1. The van der Waals surface area contributed by atoms with Crippen molar-refractivity contribution in [3.05, 3.63) is 59.1 Å². The molecule has 0 unspecified atom stereocenters. The van der Waals surface area contributed by atoms with Crippen molar-refractivity contribution in [2.45, 2.75) is 24.2 Å². The van der Waals surface area contributed by atoms with Gasteiger partial charge in [-0.3, -0.25) is 9.63 Å². The van der Waals surface area contributed by atoms with E-state index in [-0.39, 0.29) is 10.8 Å². The van der Waals surface area contributed by atoms with E-state index in [1.807, 2.05) is 24.3 Å². The zero-order chi connectivity index (χ0) is 19.2. The molecule has 0 aliphatic carbocycles. The van der Waals surface area contributed by atoms with Crippen LogP contribution >= 0.6 is 11.6 Å². The Labute approximate surface area is 158 Å². The molecule has 0 atom stereocenters. The van der Waals surface area contributed by atoms with Crippen LogP contribution < -0.4 is 5.32 Å². The maximum Gasteiger partial charge on any atom is 0.264 e. The van der Waals surface area contributed by atoms with Gasteiger partial charge in [-0.05, 0) is 54.8 Å². The smallest absolute Gasteiger partial charge is 0.264 e. The molecular weight excluding hydrogens is 376 g/mol. The summed E-state index contributed by atoms with van der Waals surface area (Å²) in [6.45, 7) is 0. The number of benzene rings is 2. The molecule has 2 aromatic rings. The average Bonchev–Trinajstić information content (AvgIpc) is 2.63. The number of hydroxylamine groups is 1. The minimum absolute atomic E-state index is 0.0857. The van der Waals surface area contributed by atoms with Crippen molar-refractivity contribution in [3.63, 3.8) is 0 Å². The quantitative estimate of drug-likeness (QED) is 0.693. The van der Waals surface area contributed by atoms with Crippen molar-refractivity contribution in [2.24, 2.45) is 0 Å². The van der Waals surface area contributed by atoms with Gasteiger partial charge in [-0.25, -0.2) is 8.42 Å². The van der Waals surface area contributed by atoms with Gasteiger partial charge in [-0.1, -0.05) is 28.2 Å². The number of carbonyl (C=O) groups is 1. The molecule has 0 bridgehead atoms. The van der Waals surface area contributed by atoms with Crippen molar-refractivity contribution >= 4 is 33.2 Å². The number of hydrogen-bond acceptors (Lipinski definition) is 4. The molecule has 2 aromatic carbocycles. The van der Waals surface area contributed by atoms with Crippen LogP contribution in [-0.2, 0) is 26.1 Å². The lowest BCUT2D eigenvalue weighted by molar-refractivity contribution is -0.116. The van der Waals surface area contributed by atoms with Gasteiger partial charge in [0.2, 0.25) is 5.91 Å². The maximum atomic E-state index is 12.1. The van der Waals surface area contributed by atoms with E-state index < -0.39 is 10.0 Å². The largest absolute Gasteiger partial charge is 0.326 e. The molecule has 2 rings (SSSR count). The Bertz CT molecular complexity index is 836. The van der Waals surface area contributed by atoms with Crippen molar-refractivity contribution in [2.75, 3.05) is 19.5 Å². The van der Waals surface area contributed by atoms with E-state index in [0.717, 1.165) is 16.5 Å². The number of nitrogens with one attached hydrogen (secondary N) is 1. The van der Waals surface area contributed by atoms with Crippen LogP contribution in [0.2, 0.25) is 5.02 Å². The van der Waals surface area contributed by atoms with Gasteiger partial charge in [0.1, 0.15) is 0 Å². The minimum atomic E-state index is -3.69. The van der Waals surface area contributed by atoms with Crippen molar-refractivity contribution < 1.29 is 18.0 Å². The highest BCUT2D eigenvalue weighted by Crippen LogP contribution is 2.18. The van der Waals surface area contributed by atoms with Gasteiger partial charge in [-0.15, -0.1) is 0 Å². The van der Waals surface area contributed by atoms with Crippen LogP contribution in [0.4, 0.5) is 5.69 Å². The summed E-state index contributed by atoms with van der Waals surface area (Å²) in [6.07, 6.45) is 1.86. The molecular formula is C18H21ClN2O4S. The van der Waals surface area contributed by atoms with Gasteiger partial charge >= 0.3 is 0 Å². The lowest BCUT2D eigenvalue weighted by Gasteiger charge is -2.14. The van der Waals surface area contributed by atoms with Crippen molar-refractivity contribution in [1.82, 2.24) is 4.47 Å². The molecule has 8 heteroatoms. The second kappa shape index (κ2) is 9.14. The predicted octanol–water partition coefficient (Wildman–Crippen LogP) is 3.48. The first-order chi connectivity index (χ1) is 12.3. The number of aryl methyl sites for hydroxylation is 1. The Morgan fingerprint density at radius 1 is 1.12 bits per heavy atom. The average molecular weight is 397 g/mol. The first-order valence-electron chi connectivity index (χ1n) is 8.00. The van der Waals surface area contributed by atoms with Crippen LogP contribution in [0.15, 0.2) is 53.4 Å². The van der Waals surface area contributed by atoms with Crippen LogP contribution in [-0.4, -0.2) is 33.0 Å². The van der Waals surface area contributed by atoms with Gasteiger partial charge in [0.15, 0.2) is 0 Å². The fourth-order valence-corrected chi connectivity index (χ4v) is 3.38. The summed E-state index contributed by atoms with van der Waals surface area (Å²) in [7, 11) is -1.11. The summed E-state index contributed by atoms with van der Waals surface area (Å²) in [5.41, 5.74) is 1.67. The van der Waals surface area contributed by atoms with Crippen LogP contribution in [0, 0.1) is 0 Å². The fourth-order valence-electron chi connectivity index (χ4n) is 2.28. The molecule has 1 N–H and O–H groups in total. The first-order valence-corrected chi connectivity index (χ1v) is 9.82. The van der Waals surface area contributed by atoms with E-state index in [1.165, 1.54) is 26.3 Å². The Morgan fingerprint density at radius 2 is 1.73 bits per heavy atom. The molecule has 0 spiro atoms. The summed E-state index contributed by atoms with van der Waals surface area (Å²) in [6, 6.07) is 13.5. The van der Waals surface area contributed by atoms with Gasteiger partial charge in [0, 0.05) is 24.2 Å². The van der Waals surface area contributed by atoms with Gasteiger partial charge < -0.3 is 5.32 Å². The van der Waals surface area contributed by atoms with Crippen molar-refractivity contribution in [3.8, 4) is 0 Å². The van der Waals surface area contributed by atoms with E-state index in [1.54, 1.807) is 12.1 Å². The summed E-state index contributed by atoms with van der Waals surface area (Å²) in [4.78, 5) is 16.8. The van der Waals surface area contributed by atoms with E-state index >= 15 is 0 Å². The topological polar surface area (TPSA) is 75.7 Å². The molecule has 0 saturated heterocycles. The Hall–Kier alpha value is -1.93. The fraction of sp³-hybridized carbons (Fsp3) is 0.278. The third kappa shape index (κ3) is 5.54. The molecule has 0 fully saturated rings. The van der Waals surface area contributed by atoms with E-state index in [9.17, 15) is 13.2 Å². The van der Waals surface area contributed by atoms with E-state index in [4.69, 9.17) is 16.4 Å². The molecule has 6 nitrogen and oxygen atoms in total. The number of nitrogens with zero attached hydrogens (tertiary/aromatic N) is 1. The minimum Gasteiger partial charge on any atom is -0.326 e. The highest BCUT2D eigenvalue weighted by Gasteiger charge is 2.20. The third-order valence-corrected chi connectivity index (χ3v) is 5.76. The third-order valence-electron chi connectivity index (χ3n) is 3.81. The summed E-state index contributed by atoms with van der Waals surface area (Å²) in [5.74, 6) is -0.122. The highest BCUT2D eigenvalue weighted by atomic mass is 35.5. The Kier molecular flexibility index (Phi) is 7.16. The molecule has 1 amide bonds. The molecule has 0 saturated carbocycles. The molecule has 0 aliphatic rings. The number of amides is 1. The molecule has 0 heterocycles. The van der Waals surface area contributed by atoms with Gasteiger partial charge in [-0.2, -0.15) is 0 Å². The lowest BCUT2D eigenvalue weighted by Crippen LogP contribution is -2.25. The molecule has 0 radical (unpaired) electrons. The second-order valence-corrected chi connectivity index (χ2v) is 8.02. The standard InChI is InChI=1S/C18H21ClN2O4S/c1-21(25-2)26(23,24)17-12-10-16(11-13-17)20-18(22)5-3-4-14-6-8-15(19)9-7-14/h6-13H,3-5H2,1-2H3,(H,20,22). The van der Waals surface area contributed by atoms with Crippen LogP contribution in [0.5, 0.6) is 0 Å². The van der Waals surface area contributed by atoms with E-state index in [2.05, 4.69) is 5.32 Å². The number of halogens is 1. The zero-order valence-corrected chi connectivity index (χ0v) is 16.2.